The van der Waals surface area contributed by atoms with E-state index in [2.05, 4.69) is 188 Å². The third-order valence-corrected chi connectivity index (χ3v) is 12.3. The highest BCUT2D eigenvalue weighted by Crippen LogP contribution is 2.62. The topological polar surface area (TPSA) is 38.7 Å². The largest absolute Gasteiger partial charge is 0.208 e. The Morgan fingerprint density at radius 2 is 0.763 bits per heavy atom. The van der Waals surface area contributed by atoms with E-state index in [1.807, 2.05) is 24.3 Å². The average Bonchev–Trinajstić information content (AvgIpc) is 3.55. The van der Waals surface area contributed by atoms with Gasteiger partial charge in [-0.3, -0.25) is 0 Å². The molecule has 0 bridgehead atoms. The molecule has 12 rings (SSSR count). The van der Waals surface area contributed by atoms with E-state index in [0.29, 0.717) is 17.5 Å². The lowest BCUT2D eigenvalue weighted by Gasteiger charge is -2.36. The molecule has 0 amide bonds. The van der Waals surface area contributed by atoms with E-state index < -0.39 is 5.41 Å². The van der Waals surface area contributed by atoms with Crippen molar-refractivity contribution in [2.45, 2.75) is 5.41 Å². The van der Waals surface area contributed by atoms with Gasteiger partial charge in [-0.25, -0.2) is 15.0 Å². The first-order valence-corrected chi connectivity index (χ1v) is 20.2. The monoisotopic (exact) mass is 749 g/mol. The van der Waals surface area contributed by atoms with Crippen LogP contribution in [0.1, 0.15) is 33.4 Å². The van der Waals surface area contributed by atoms with Crippen molar-refractivity contribution in [2.24, 2.45) is 0 Å². The van der Waals surface area contributed by atoms with E-state index in [9.17, 15) is 0 Å². The molecule has 3 nitrogen and oxygen atoms in total. The highest BCUT2D eigenvalue weighted by molar-refractivity contribution is 6.19. The third kappa shape index (κ3) is 5.05. The molecule has 0 fully saturated rings. The number of rotatable bonds is 4. The van der Waals surface area contributed by atoms with Crippen LogP contribution in [0.4, 0.5) is 0 Å². The van der Waals surface area contributed by atoms with Gasteiger partial charge >= 0.3 is 0 Å². The maximum Gasteiger partial charge on any atom is 0.164 e. The molecule has 1 atom stereocenters. The van der Waals surface area contributed by atoms with Gasteiger partial charge in [0, 0.05) is 16.7 Å². The summed E-state index contributed by atoms with van der Waals surface area (Å²) >= 11 is 0. The summed E-state index contributed by atoms with van der Waals surface area (Å²) in [6.07, 6.45) is 4.58. The summed E-state index contributed by atoms with van der Waals surface area (Å²) in [6.45, 7) is 0. The van der Waals surface area contributed by atoms with Crippen molar-refractivity contribution >= 4 is 33.7 Å². The van der Waals surface area contributed by atoms with Crippen molar-refractivity contribution in [2.75, 3.05) is 0 Å². The lowest BCUT2D eigenvalue weighted by molar-refractivity contribution is 0.773. The Hall–Kier alpha value is -7.75. The highest BCUT2D eigenvalue weighted by atomic mass is 15.0. The van der Waals surface area contributed by atoms with Crippen LogP contribution in [-0.2, 0) is 5.41 Å². The zero-order chi connectivity index (χ0) is 38.9. The predicted molar refractivity (Wildman–Crippen MR) is 243 cm³/mol. The molecule has 1 spiro atoms. The number of fused-ring (bicyclic) bond motifs is 14. The van der Waals surface area contributed by atoms with Crippen molar-refractivity contribution in [3.63, 3.8) is 0 Å². The van der Waals surface area contributed by atoms with E-state index >= 15 is 0 Å². The molecule has 2 aliphatic rings. The van der Waals surface area contributed by atoms with Gasteiger partial charge in [-0.1, -0.05) is 206 Å². The Kier molecular flexibility index (Phi) is 7.45. The molecular formula is C56H35N3. The van der Waals surface area contributed by atoms with Crippen LogP contribution in [0.3, 0.4) is 0 Å². The normalized spacial score (nSPS) is 14.8. The summed E-state index contributed by atoms with van der Waals surface area (Å²) in [6, 6.07) is 71.9. The van der Waals surface area contributed by atoms with Gasteiger partial charge in [0.15, 0.2) is 17.5 Å². The Bertz CT molecular complexity index is 3310. The van der Waals surface area contributed by atoms with Crippen molar-refractivity contribution in [3.05, 3.63) is 234 Å². The second-order valence-corrected chi connectivity index (χ2v) is 15.5. The van der Waals surface area contributed by atoms with Crippen molar-refractivity contribution in [3.8, 4) is 56.4 Å². The van der Waals surface area contributed by atoms with Gasteiger partial charge in [-0.15, -0.1) is 0 Å². The molecule has 1 unspecified atom stereocenters. The van der Waals surface area contributed by atoms with E-state index in [1.54, 1.807) is 0 Å². The first-order valence-electron chi connectivity index (χ1n) is 20.2. The van der Waals surface area contributed by atoms with Gasteiger partial charge in [-0.05, 0) is 83.2 Å². The van der Waals surface area contributed by atoms with E-state index in [0.717, 1.165) is 22.3 Å². The van der Waals surface area contributed by atoms with Gasteiger partial charge in [0.2, 0.25) is 0 Å². The number of aromatic nitrogens is 3. The molecule has 2 aliphatic carbocycles. The fourth-order valence-corrected chi connectivity index (χ4v) is 9.80. The molecule has 0 saturated carbocycles. The minimum Gasteiger partial charge on any atom is -0.208 e. The maximum absolute atomic E-state index is 5.27. The summed E-state index contributed by atoms with van der Waals surface area (Å²) in [5, 5.41) is 5.06. The molecule has 274 valence electrons. The Balaban J connectivity index is 1.14. The summed E-state index contributed by atoms with van der Waals surface area (Å²) in [5.74, 6) is 1.91. The van der Waals surface area contributed by atoms with Gasteiger partial charge in [0.25, 0.3) is 0 Å². The zero-order valence-corrected chi connectivity index (χ0v) is 32.0. The first-order chi connectivity index (χ1) is 29.3. The van der Waals surface area contributed by atoms with Crippen LogP contribution >= 0.6 is 0 Å². The number of hydrogen-bond acceptors (Lipinski definition) is 3. The molecule has 0 aliphatic heterocycles. The molecule has 10 aromatic rings. The minimum atomic E-state index is -0.646. The molecule has 0 radical (unpaired) electrons. The zero-order valence-electron chi connectivity index (χ0n) is 32.0. The molecule has 3 heteroatoms. The van der Waals surface area contributed by atoms with Crippen LogP contribution in [0.15, 0.2) is 200 Å². The summed E-state index contributed by atoms with van der Waals surface area (Å²) in [4.78, 5) is 15.6. The van der Waals surface area contributed by atoms with Gasteiger partial charge < -0.3 is 0 Å². The Morgan fingerprint density at radius 3 is 1.47 bits per heavy atom. The molecule has 1 heterocycles. The van der Waals surface area contributed by atoms with Crippen molar-refractivity contribution < 1.29 is 0 Å². The first kappa shape index (κ1) is 33.4. The minimum absolute atomic E-state index is 0.635. The lowest BCUT2D eigenvalue weighted by atomic mass is 9.64. The number of nitrogens with zero attached hydrogens (tertiary/aromatic N) is 3. The van der Waals surface area contributed by atoms with Crippen LogP contribution in [0.25, 0.3) is 90.1 Å². The summed E-state index contributed by atoms with van der Waals surface area (Å²) in [7, 11) is 0. The number of benzene rings is 9. The second kappa shape index (κ2) is 13.2. The van der Waals surface area contributed by atoms with Crippen LogP contribution in [0.2, 0.25) is 0 Å². The van der Waals surface area contributed by atoms with E-state index in [4.69, 9.17) is 15.0 Å². The molecule has 1 aromatic heterocycles. The Labute approximate surface area is 342 Å². The molecule has 59 heavy (non-hydrogen) atoms. The van der Waals surface area contributed by atoms with Gasteiger partial charge in [-0.2, -0.15) is 0 Å². The predicted octanol–water partition coefficient (Wildman–Crippen LogP) is 13.7. The van der Waals surface area contributed by atoms with Crippen LogP contribution in [0.5, 0.6) is 0 Å². The van der Waals surface area contributed by atoms with E-state index in [-0.39, 0.29) is 0 Å². The standard InChI is InChI=1S/C56H35N3/c1-3-15-36(16-4-1)37-27-32-41(33-28-37)54-57-53(40-18-5-2-6-19-40)58-55(59-54)42-34-31-39-30-29-38-17-7-13-25-48(38)56(50(39)35-42)49-26-14-12-24-47(49)51-45-22-10-8-20-43(45)44-21-9-11-23-46(44)52(51)56/h1-35H. The van der Waals surface area contributed by atoms with Crippen LogP contribution in [-0.4, -0.2) is 15.0 Å². The fraction of sp³-hybridized carbons (Fsp3) is 0.0179. The van der Waals surface area contributed by atoms with Gasteiger partial charge in [0.05, 0.1) is 5.41 Å². The molecule has 9 aromatic carbocycles. The lowest BCUT2D eigenvalue weighted by Crippen LogP contribution is -2.30. The summed E-state index contributed by atoms with van der Waals surface area (Å²) in [5.41, 5.74) is 14.5. The Morgan fingerprint density at radius 1 is 0.305 bits per heavy atom. The third-order valence-electron chi connectivity index (χ3n) is 12.3. The fourth-order valence-electron chi connectivity index (χ4n) is 9.80. The molecular weight excluding hydrogens is 715 g/mol. The average molecular weight is 750 g/mol. The maximum atomic E-state index is 5.27. The molecule has 0 N–H and O–H groups in total. The van der Waals surface area contributed by atoms with Gasteiger partial charge in [0.1, 0.15) is 0 Å². The molecule has 0 saturated heterocycles. The van der Waals surface area contributed by atoms with Crippen molar-refractivity contribution in [1.29, 1.82) is 0 Å². The second-order valence-electron chi connectivity index (χ2n) is 15.5. The smallest absolute Gasteiger partial charge is 0.164 e. The van der Waals surface area contributed by atoms with Crippen molar-refractivity contribution in [1.82, 2.24) is 15.0 Å². The number of hydrogen-bond donors (Lipinski definition) is 0. The highest BCUT2D eigenvalue weighted by Gasteiger charge is 2.50. The SMILES string of the molecule is C1=Cc2ccc(-c3nc(-c4ccccc4)nc(-c4ccc(-c5ccccc5)cc4)n3)cc2C2(c3ccccc31)c1ccccc1-c1c2c2ccccc2c2ccccc12. The summed E-state index contributed by atoms with van der Waals surface area (Å²) < 4.78 is 0. The van der Waals surface area contributed by atoms with E-state index in [1.165, 1.54) is 71.6 Å². The quantitative estimate of drug-likeness (QED) is 0.168. The van der Waals surface area contributed by atoms with Crippen LogP contribution < -0.4 is 0 Å². The van der Waals surface area contributed by atoms with Crippen LogP contribution in [0, 0.1) is 0 Å².